The number of hydrogen-bond acceptors (Lipinski definition) is 3. The first-order chi connectivity index (χ1) is 17.7. The van der Waals surface area contributed by atoms with Gasteiger partial charge in [-0.1, -0.05) is 123 Å². The fourth-order valence-corrected chi connectivity index (χ4v) is 5.22. The number of aromatic nitrogens is 2. The molecule has 2 rings (SSSR count). The van der Waals surface area contributed by atoms with Gasteiger partial charge in [0.1, 0.15) is 5.82 Å². The van der Waals surface area contributed by atoms with Crippen molar-refractivity contribution < 1.29 is 9.53 Å². The number of aryl methyl sites for hydroxylation is 2. The molecule has 36 heavy (non-hydrogen) atoms. The quantitative estimate of drug-likeness (QED) is 0.120. The number of fused-ring (bicyclic) bond motifs is 1. The fourth-order valence-electron chi connectivity index (χ4n) is 5.22. The van der Waals surface area contributed by atoms with Gasteiger partial charge in [-0.15, -0.1) is 0 Å². The first kappa shape index (κ1) is 30.4. The molecule has 0 bridgehead atoms. The van der Waals surface area contributed by atoms with Gasteiger partial charge in [0.05, 0.1) is 23.7 Å². The lowest BCUT2D eigenvalue weighted by Crippen LogP contribution is -2.05. The molecule has 2 aromatic rings. The summed E-state index contributed by atoms with van der Waals surface area (Å²) in [5.41, 5.74) is 2.67. The summed E-state index contributed by atoms with van der Waals surface area (Å²) in [5.74, 6) is 0.896. The molecular weight excluding hydrogens is 444 g/mol. The van der Waals surface area contributed by atoms with Gasteiger partial charge in [-0.3, -0.25) is 0 Å². The number of methoxy groups -OCH3 is 1. The zero-order valence-corrected chi connectivity index (χ0v) is 23.8. The Hall–Kier alpha value is -1.84. The molecule has 0 N–H and O–H groups in total. The number of benzene rings is 1. The number of unbranched alkanes of at least 4 members (excludes halogenated alkanes) is 17. The zero-order chi connectivity index (χ0) is 25.8. The minimum Gasteiger partial charge on any atom is -0.465 e. The topological polar surface area (TPSA) is 44.1 Å². The number of rotatable bonds is 22. The lowest BCUT2D eigenvalue weighted by atomic mass is 10.1. The third kappa shape index (κ3) is 11.5. The SMILES string of the molecule is CCCCCCCCCCCCn1c(CCCCCCCCCCC)nc2cc(C(=O)OC)ccc21. The Morgan fingerprint density at radius 1 is 0.722 bits per heavy atom. The van der Waals surface area contributed by atoms with Crippen molar-refractivity contribution in [3.8, 4) is 0 Å². The minimum atomic E-state index is -0.290. The summed E-state index contributed by atoms with van der Waals surface area (Å²) >= 11 is 0. The zero-order valence-electron chi connectivity index (χ0n) is 23.8. The Labute approximate surface area is 221 Å². The first-order valence-electron chi connectivity index (χ1n) is 15.3. The molecule has 4 heteroatoms. The van der Waals surface area contributed by atoms with Crippen molar-refractivity contribution >= 4 is 17.0 Å². The van der Waals surface area contributed by atoms with Crippen molar-refractivity contribution in [2.24, 2.45) is 0 Å². The van der Waals surface area contributed by atoms with E-state index in [0.717, 1.165) is 24.0 Å². The molecule has 0 fully saturated rings. The monoisotopic (exact) mass is 498 g/mol. The Morgan fingerprint density at radius 3 is 1.75 bits per heavy atom. The van der Waals surface area contributed by atoms with Crippen LogP contribution in [0.3, 0.4) is 0 Å². The number of ether oxygens (including phenoxy) is 1. The maximum absolute atomic E-state index is 12.0. The van der Waals surface area contributed by atoms with Gasteiger partial charge in [-0.2, -0.15) is 0 Å². The molecule has 1 aromatic carbocycles. The second kappa shape index (κ2) is 19.3. The molecule has 204 valence electrons. The molecule has 0 atom stereocenters. The third-order valence-electron chi connectivity index (χ3n) is 7.49. The molecule has 0 radical (unpaired) electrons. The predicted octanol–water partition coefficient (Wildman–Crippen LogP) is 9.82. The number of hydrogen-bond donors (Lipinski definition) is 0. The third-order valence-corrected chi connectivity index (χ3v) is 7.49. The molecule has 0 saturated carbocycles. The van der Waals surface area contributed by atoms with Crippen molar-refractivity contribution in [3.63, 3.8) is 0 Å². The molecule has 0 amide bonds. The van der Waals surface area contributed by atoms with Crippen LogP contribution in [0.2, 0.25) is 0 Å². The summed E-state index contributed by atoms with van der Waals surface area (Å²) in [4.78, 5) is 17.0. The highest BCUT2D eigenvalue weighted by atomic mass is 16.5. The second-order valence-electron chi connectivity index (χ2n) is 10.6. The van der Waals surface area contributed by atoms with E-state index < -0.39 is 0 Å². The van der Waals surface area contributed by atoms with Crippen LogP contribution in [0.1, 0.15) is 152 Å². The van der Waals surface area contributed by atoms with E-state index in [0.29, 0.717) is 5.56 Å². The van der Waals surface area contributed by atoms with Crippen LogP contribution < -0.4 is 0 Å². The van der Waals surface area contributed by atoms with Crippen molar-refractivity contribution in [1.29, 1.82) is 0 Å². The number of imidazole rings is 1. The van der Waals surface area contributed by atoms with Crippen LogP contribution in [0, 0.1) is 0 Å². The van der Waals surface area contributed by atoms with Crippen LogP contribution in [-0.4, -0.2) is 22.6 Å². The Bertz CT molecular complexity index is 842. The normalized spacial score (nSPS) is 11.4. The van der Waals surface area contributed by atoms with Crippen molar-refractivity contribution in [1.82, 2.24) is 9.55 Å². The lowest BCUT2D eigenvalue weighted by Gasteiger charge is -2.10. The summed E-state index contributed by atoms with van der Waals surface area (Å²) in [6.45, 7) is 5.58. The number of carbonyl (C=O) groups is 1. The molecular formula is C32H54N2O2. The molecule has 0 unspecified atom stereocenters. The Kier molecular flexibility index (Phi) is 16.3. The molecule has 1 heterocycles. The van der Waals surface area contributed by atoms with Gasteiger partial charge >= 0.3 is 5.97 Å². The predicted molar refractivity (Wildman–Crippen MR) is 154 cm³/mol. The average Bonchev–Trinajstić information content (AvgIpc) is 3.24. The van der Waals surface area contributed by atoms with Crippen LogP contribution in [0.25, 0.3) is 11.0 Å². The Balaban J connectivity index is 1.83. The van der Waals surface area contributed by atoms with E-state index in [1.165, 1.54) is 135 Å². The summed E-state index contributed by atoms with van der Waals surface area (Å²) < 4.78 is 7.34. The molecule has 0 aliphatic carbocycles. The highest BCUT2D eigenvalue weighted by Gasteiger charge is 2.14. The van der Waals surface area contributed by atoms with Crippen LogP contribution in [0.15, 0.2) is 18.2 Å². The fraction of sp³-hybridized carbons (Fsp3) is 0.750. The van der Waals surface area contributed by atoms with E-state index in [1.807, 2.05) is 12.1 Å². The number of nitrogens with zero attached hydrogens (tertiary/aromatic N) is 2. The van der Waals surface area contributed by atoms with Gasteiger partial charge < -0.3 is 9.30 Å². The van der Waals surface area contributed by atoms with Gasteiger partial charge in [0.15, 0.2) is 0 Å². The molecule has 1 aromatic heterocycles. The van der Waals surface area contributed by atoms with E-state index in [9.17, 15) is 4.79 Å². The molecule has 4 nitrogen and oxygen atoms in total. The van der Waals surface area contributed by atoms with E-state index in [4.69, 9.17) is 9.72 Å². The van der Waals surface area contributed by atoms with Crippen LogP contribution >= 0.6 is 0 Å². The number of esters is 1. The van der Waals surface area contributed by atoms with Crippen LogP contribution in [-0.2, 0) is 17.7 Å². The van der Waals surface area contributed by atoms with Gasteiger partial charge in [0.2, 0.25) is 0 Å². The first-order valence-corrected chi connectivity index (χ1v) is 15.3. The Morgan fingerprint density at radius 2 is 1.22 bits per heavy atom. The van der Waals surface area contributed by atoms with E-state index in [-0.39, 0.29) is 5.97 Å². The maximum Gasteiger partial charge on any atom is 0.337 e. The van der Waals surface area contributed by atoms with Gasteiger partial charge in [-0.05, 0) is 31.0 Å². The van der Waals surface area contributed by atoms with E-state index >= 15 is 0 Å². The standard InChI is InChI=1S/C32H54N2O2/c1-4-6-8-10-12-14-16-18-20-22-26-34-30-25-24-28(32(35)36-3)27-29(30)33-31(34)23-21-19-17-15-13-11-9-7-5-2/h24-25,27H,4-23,26H2,1-3H3. The minimum absolute atomic E-state index is 0.290. The van der Waals surface area contributed by atoms with Gasteiger partial charge in [0, 0.05) is 13.0 Å². The van der Waals surface area contributed by atoms with Gasteiger partial charge in [0.25, 0.3) is 0 Å². The molecule has 0 saturated heterocycles. The highest BCUT2D eigenvalue weighted by Crippen LogP contribution is 2.22. The van der Waals surface area contributed by atoms with Crippen molar-refractivity contribution in [3.05, 3.63) is 29.6 Å². The summed E-state index contributed by atoms with van der Waals surface area (Å²) in [6.07, 6.45) is 26.6. The number of carbonyl (C=O) groups excluding carboxylic acids is 1. The summed E-state index contributed by atoms with van der Waals surface area (Å²) in [7, 11) is 1.44. The van der Waals surface area contributed by atoms with Gasteiger partial charge in [-0.25, -0.2) is 9.78 Å². The second-order valence-corrected chi connectivity index (χ2v) is 10.6. The largest absolute Gasteiger partial charge is 0.465 e. The summed E-state index contributed by atoms with van der Waals surface area (Å²) in [6, 6.07) is 5.84. The molecule has 0 aliphatic heterocycles. The smallest absolute Gasteiger partial charge is 0.337 e. The van der Waals surface area contributed by atoms with E-state index in [2.05, 4.69) is 24.5 Å². The lowest BCUT2D eigenvalue weighted by molar-refractivity contribution is 0.0601. The van der Waals surface area contributed by atoms with E-state index in [1.54, 1.807) is 0 Å². The van der Waals surface area contributed by atoms with Crippen LogP contribution in [0.4, 0.5) is 0 Å². The molecule has 0 aliphatic rings. The average molecular weight is 499 g/mol. The van der Waals surface area contributed by atoms with Crippen molar-refractivity contribution in [2.75, 3.05) is 7.11 Å². The highest BCUT2D eigenvalue weighted by molar-refractivity contribution is 5.93. The molecule has 0 spiro atoms. The summed E-state index contributed by atoms with van der Waals surface area (Å²) in [5, 5.41) is 0. The maximum atomic E-state index is 12.0. The van der Waals surface area contributed by atoms with Crippen LogP contribution in [0.5, 0.6) is 0 Å². The van der Waals surface area contributed by atoms with Crippen molar-refractivity contribution in [2.45, 2.75) is 149 Å².